The molecule has 0 saturated carbocycles. The van der Waals surface area contributed by atoms with Gasteiger partial charge in [-0.25, -0.2) is 0 Å². The quantitative estimate of drug-likeness (QED) is 0.161. The molecule has 0 bridgehead atoms. The number of nitrogens with zero attached hydrogens (tertiary/aromatic N) is 3. The average molecular weight is 918 g/mol. The molecule has 0 spiro atoms. The van der Waals surface area contributed by atoms with Crippen LogP contribution in [0.25, 0.3) is 105 Å². The lowest BCUT2D eigenvalue weighted by Crippen LogP contribution is -2.57. The Balaban J connectivity index is 1.06. The average Bonchev–Trinajstić information content (AvgIpc) is 4.10. The molecule has 0 atom stereocenters. The summed E-state index contributed by atoms with van der Waals surface area (Å²) in [7, 11) is 0. The van der Waals surface area contributed by atoms with Gasteiger partial charge in [-0.3, -0.25) is 0 Å². The van der Waals surface area contributed by atoms with Gasteiger partial charge >= 0.3 is 0 Å². The zero-order valence-corrected chi connectivity index (χ0v) is 38.8. The van der Waals surface area contributed by atoms with Crippen molar-refractivity contribution in [3.8, 4) is 62.3 Å². The van der Waals surface area contributed by atoms with E-state index in [-0.39, 0.29) is 6.71 Å². The fourth-order valence-corrected chi connectivity index (χ4v) is 12.3. The molecule has 72 heavy (non-hydrogen) atoms. The fraction of sp³-hybridized carbons (Fsp3) is 0. The van der Waals surface area contributed by atoms with E-state index in [1.807, 2.05) is 0 Å². The molecule has 5 heterocycles. The summed E-state index contributed by atoms with van der Waals surface area (Å²) in [5, 5.41) is 6.64. The second-order valence-electron chi connectivity index (χ2n) is 19.1. The van der Waals surface area contributed by atoms with E-state index in [9.17, 15) is 0 Å². The van der Waals surface area contributed by atoms with Crippen LogP contribution in [0.3, 0.4) is 0 Å². The first-order valence-electron chi connectivity index (χ1n) is 24.7. The molecule has 0 saturated heterocycles. The Labute approximate surface area is 414 Å². The molecule has 0 radical (unpaired) electrons. The maximum atomic E-state index is 7.80. The van der Waals surface area contributed by atoms with Gasteiger partial charge in [-0.15, -0.1) is 0 Å². The van der Waals surface area contributed by atoms with Gasteiger partial charge in [0.1, 0.15) is 23.0 Å². The molecule has 16 rings (SSSR count). The lowest BCUT2D eigenvalue weighted by Gasteiger charge is -2.34. The Morgan fingerprint density at radius 1 is 0.278 bits per heavy atom. The Morgan fingerprint density at radius 2 is 0.681 bits per heavy atom. The first-order valence-corrected chi connectivity index (χ1v) is 24.7. The van der Waals surface area contributed by atoms with Crippen molar-refractivity contribution in [2.24, 2.45) is 0 Å². The van der Waals surface area contributed by atoms with Crippen molar-refractivity contribution in [2.75, 3.05) is 0 Å². The standard InChI is InChI=1S/C66H40BN3O2/c1-6-18-41(19-7-1)43-30-34-54-49(38-43)61-56(68(54)45-22-10-3-11-23-45)36-32-51-64(61)71-59-40-58-60(48-28-16-17-29-53(48)70(58)47-26-14-5-15-27-47)66-63(59)67(51)52-33-37-57-62(65(52)72-66)50-39-44(42-20-8-2-9-21-42)31-35-55(50)69(57)46-24-12-4-13-25-46/h1-40H. The van der Waals surface area contributed by atoms with Gasteiger partial charge in [0.25, 0.3) is 6.71 Å². The molecule has 334 valence electrons. The lowest BCUT2D eigenvalue weighted by molar-refractivity contribution is 0.474. The third-order valence-corrected chi connectivity index (χ3v) is 15.3. The molecule has 0 amide bonds. The van der Waals surface area contributed by atoms with E-state index in [4.69, 9.17) is 9.47 Å². The third kappa shape index (κ3) is 5.49. The summed E-state index contributed by atoms with van der Waals surface area (Å²) in [5.41, 5.74) is 17.7. The summed E-state index contributed by atoms with van der Waals surface area (Å²) in [6, 6.07) is 87.6. The SMILES string of the molecule is c1ccc(-c2ccc3c(c2)c2c4c(ccc2n3-c2ccccc2)B2c3ccc5c(c3Oc3c2c(cc2c3c3ccccc3n2-c2ccccc2)O4)c2cc(-c3ccccc3)ccc2n5-c2ccccc2)cc1. The fourth-order valence-electron chi connectivity index (χ4n) is 12.3. The molecule has 6 heteroatoms. The number of benzene rings is 11. The minimum Gasteiger partial charge on any atom is -0.457 e. The van der Waals surface area contributed by atoms with Crippen LogP contribution in [-0.4, -0.2) is 20.4 Å². The molecule has 14 aromatic rings. The van der Waals surface area contributed by atoms with Gasteiger partial charge < -0.3 is 23.2 Å². The smallest absolute Gasteiger partial charge is 0.260 e. The Kier molecular flexibility index (Phi) is 8.19. The first-order chi connectivity index (χ1) is 35.7. The highest BCUT2D eigenvalue weighted by Crippen LogP contribution is 2.50. The largest absolute Gasteiger partial charge is 0.457 e. The van der Waals surface area contributed by atoms with E-state index in [0.717, 1.165) is 133 Å². The minimum atomic E-state index is -0.223. The molecular formula is C66H40BN3O2. The van der Waals surface area contributed by atoms with Crippen LogP contribution in [0.15, 0.2) is 243 Å². The summed E-state index contributed by atoms with van der Waals surface area (Å²) >= 11 is 0. The molecule has 0 aliphatic carbocycles. The van der Waals surface area contributed by atoms with E-state index in [2.05, 4.69) is 256 Å². The number of aromatic nitrogens is 3. The molecule has 0 N–H and O–H groups in total. The van der Waals surface area contributed by atoms with Crippen molar-refractivity contribution in [3.63, 3.8) is 0 Å². The molecule has 0 fully saturated rings. The summed E-state index contributed by atoms with van der Waals surface area (Å²) in [5.74, 6) is 3.37. The van der Waals surface area contributed by atoms with Crippen molar-refractivity contribution in [3.05, 3.63) is 243 Å². The zero-order valence-electron chi connectivity index (χ0n) is 38.8. The highest BCUT2D eigenvalue weighted by atomic mass is 16.5. The number of rotatable bonds is 5. The summed E-state index contributed by atoms with van der Waals surface area (Å²) in [6.07, 6.45) is 0. The lowest BCUT2D eigenvalue weighted by atomic mass is 9.34. The van der Waals surface area contributed by atoms with Crippen LogP contribution in [0.2, 0.25) is 0 Å². The number of fused-ring (bicyclic) bond motifs is 16. The van der Waals surface area contributed by atoms with Crippen LogP contribution in [0.1, 0.15) is 0 Å². The van der Waals surface area contributed by atoms with E-state index in [1.165, 1.54) is 11.1 Å². The first kappa shape index (κ1) is 39.3. The third-order valence-electron chi connectivity index (χ3n) is 15.3. The molecule has 0 unspecified atom stereocenters. The van der Waals surface area contributed by atoms with Crippen molar-refractivity contribution < 1.29 is 9.47 Å². The predicted octanol–water partition coefficient (Wildman–Crippen LogP) is 15.0. The number of hydrogen-bond acceptors (Lipinski definition) is 2. The van der Waals surface area contributed by atoms with Gasteiger partial charge in [0.05, 0.1) is 49.3 Å². The van der Waals surface area contributed by atoms with E-state index < -0.39 is 0 Å². The normalized spacial score (nSPS) is 12.6. The molecular weight excluding hydrogens is 878 g/mol. The summed E-state index contributed by atoms with van der Waals surface area (Å²) in [6.45, 7) is -0.223. The van der Waals surface area contributed by atoms with Crippen molar-refractivity contribution in [1.29, 1.82) is 0 Å². The molecule has 3 aromatic heterocycles. The highest BCUT2D eigenvalue weighted by molar-refractivity contribution is 6.99. The predicted molar refractivity (Wildman–Crippen MR) is 298 cm³/mol. The van der Waals surface area contributed by atoms with Crippen molar-refractivity contribution in [2.45, 2.75) is 0 Å². The zero-order chi connectivity index (χ0) is 47.0. The Bertz CT molecular complexity index is 4530. The van der Waals surface area contributed by atoms with Crippen LogP contribution in [0, 0.1) is 0 Å². The van der Waals surface area contributed by atoms with Crippen LogP contribution in [-0.2, 0) is 0 Å². The van der Waals surface area contributed by atoms with Crippen LogP contribution in [0.5, 0.6) is 23.0 Å². The number of ether oxygens (including phenoxy) is 2. The topological polar surface area (TPSA) is 33.2 Å². The second kappa shape index (κ2) is 15.0. The minimum absolute atomic E-state index is 0.223. The van der Waals surface area contributed by atoms with Crippen LogP contribution < -0.4 is 25.9 Å². The number of para-hydroxylation sites is 4. The van der Waals surface area contributed by atoms with E-state index >= 15 is 0 Å². The number of hydrogen-bond donors (Lipinski definition) is 0. The van der Waals surface area contributed by atoms with E-state index in [0.29, 0.717) is 0 Å². The maximum Gasteiger partial charge on any atom is 0.260 e. The van der Waals surface area contributed by atoms with Crippen LogP contribution >= 0.6 is 0 Å². The van der Waals surface area contributed by atoms with Gasteiger partial charge in [-0.2, -0.15) is 0 Å². The summed E-state index contributed by atoms with van der Waals surface area (Å²) in [4.78, 5) is 0. The maximum absolute atomic E-state index is 7.80. The highest BCUT2D eigenvalue weighted by Gasteiger charge is 2.44. The van der Waals surface area contributed by atoms with E-state index in [1.54, 1.807) is 0 Å². The molecule has 2 aliphatic rings. The Hall–Kier alpha value is -9.52. The van der Waals surface area contributed by atoms with Gasteiger partial charge in [0, 0.05) is 44.8 Å². The Morgan fingerprint density at radius 3 is 1.19 bits per heavy atom. The van der Waals surface area contributed by atoms with Gasteiger partial charge in [-0.05, 0) is 112 Å². The van der Waals surface area contributed by atoms with Gasteiger partial charge in [0.15, 0.2) is 0 Å². The van der Waals surface area contributed by atoms with Crippen molar-refractivity contribution in [1.82, 2.24) is 13.7 Å². The second-order valence-corrected chi connectivity index (χ2v) is 19.1. The molecule has 2 aliphatic heterocycles. The van der Waals surface area contributed by atoms with Gasteiger partial charge in [0.2, 0.25) is 0 Å². The molecule has 5 nitrogen and oxygen atoms in total. The molecule has 11 aromatic carbocycles. The summed E-state index contributed by atoms with van der Waals surface area (Å²) < 4.78 is 22.6. The van der Waals surface area contributed by atoms with Crippen LogP contribution in [0.4, 0.5) is 0 Å². The monoisotopic (exact) mass is 917 g/mol. The van der Waals surface area contributed by atoms with Gasteiger partial charge in [-0.1, -0.05) is 158 Å². The van der Waals surface area contributed by atoms with Crippen molar-refractivity contribution >= 4 is 88.5 Å².